The maximum absolute atomic E-state index is 11.8. The van der Waals surface area contributed by atoms with Crippen LogP contribution in [0.1, 0.15) is 16.1 Å². The average Bonchev–Trinajstić information content (AvgIpc) is 2.42. The van der Waals surface area contributed by atoms with E-state index >= 15 is 0 Å². The molecule has 1 amide bonds. The van der Waals surface area contributed by atoms with Gasteiger partial charge in [0.05, 0.1) is 11.2 Å². The number of anilines is 2. The maximum atomic E-state index is 11.8. The quantitative estimate of drug-likeness (QED) is 0.754. The largest absolute Gasteiger partial charge is 0.364 e. The fourth-order valence-corrected chi connectivity index (χ4v) is 1.67. The normalized spacial score (nSPS) is 9.80. The van der Waals surface area contributed by atoms with Crippen molar-refractivity contribution in [1.82, 2.24) is 15.0 Å². The molecule has 0 aliphatic carbocycles. The fraction of sp³-hybridized carbons (Fsp3) is 0. The van der Waals surface area contributed by atoms with E-state index in [4.69, 9.17) is 22.6 Å². The van der Waals surface area contributed by atoms with Crippen LogP contribution in [-0.4, -0.2) is 20.9 Å². The van der Waals surface area contributed by atoms with Crippen molar-refractivity contribution in [2.75, 3.05) is 5.32 Å². The summed E-state index contributed by atoms with van der Waals surface area (Å²) in [5.74, 6) is -0.700. The molecule has 0 radical (unpaired) electrons. The maximum Gasteiger partial charge on any atom is 0.272 e. The number of nitrogens with one attached hydrogen (secondary N) is 2. The zero-order chi connectivity index (χ0) is 14.7. The fourth-order valence-electron chi connectivity index (χ4n) is 1.42. The number of hydrogen-bond acceptors (Lipinski definition) is 6. The summed E-state index contributed by atoms with van der Waals surface area (Å²) in [7, 11) is 0. The van der Waals surface area contributed by atoms with Crippen LogP contribution in [0.2, 0.25) is 5.02 Å². The Bertz CT molecular complexity index is 779. The van der Waals surface area contributed by atoms with Gasteiger partial charge in [-0.2, -0.15) is 5.26 Å². The molecule has 9 heteroatoms. The van der Waals surface area contributed by atoms with E-state index in [1.54, 1.807) is 0 Å². The van der Waals surface area contributed by atoms with Crippen molar-refractivity contribution in [3.63, 3.8) is 0 Å². The molecule has 2 aromatic heterocycles. The molecule has 0 aliphatic rings. The van der Waals surface area contributed by atoms with Gasteiger partial charge in [0.15, 0.2) is 5.82 Å². The third-order valence-electron chi connectivity index (χ3n) is 2.33. The summed E-state index contributed by atoms with van der Waals surface area (Å²) in [4.78, 5) is 32.6. The van der Waals surface area contributed by atoms with Crippen molar-refractivity contribution in [2.24, 2.45) is 5.73 Å². The number of pyridine rings is 1. The van der Waals surface area contributed by atoms with Gasteiger partial charge in [0.1, 0.15) is 29.3 Å². The molecule has 2 rings (SSSR count). The second kappa shape index (κ2) is 5.38. The van der Waals surface area contributed by atoms with Gasteiger partial charge in [0.25, 0.3) is 11.5 Å². The lowest BCUT2D eigenvalue weighted by atomic mass is 10.3. The number of halogens is 1. The number of amides is 1. The van der Waals surface area contributed by atoms with Gasteiger partial charge >= 0.3 is 0 Å². The summed E-state index contributed by atoms with van der Waals surface area (Å²) in [6, 6.07) is 3.10. The van der Waals surface area contributed by atoms with E-state index in [2.05, 4.69) is 20.3 Å². The first-order chi connectivity index (χ1) is 9.52. The number of carbonyl (C=O) groups excluding carboxylic acids is 1. The van der Waals surface area contributed by atoms with Gasteiger partial charge < -0.3 is 16.0 Å². The highest BCUT2D eigenvalue weighted by Crippen LogP contribution is 2.19. The van der Waals surface area contributed by atoms with Gasteiger partial charge in [0.2, 0.25) is 0 Å². The molecule has 0 saturated carbocycles. The van der Waals surface area contributed by atoms with Gasteiger partial charge in [-0.15, -0.1) is 0 Å². The summed E-state index contributed by atoms with van der Waals surface area (Å²) in [6.45, 7) is 0. The predicted molar refractivity (Wildman–Crippen MR) is 70.6 cm³/mol. The summed E-state index contributed by atoms with van der Waals surface area (Å²) in [6.07, 6.45) is 2.51. The van der Waals surface area contributed by atoms with E-state index in [0.717, 1.165) is 0 Å². The smallest absolute Gasteiger partial charge is 0.272 e. The second-order valence-electron chi connectivity index (χ2n) is 3.62. The molecule has 0 aromatic carbocycles. The molecule has 20 heavy (non-hydrogen) atoms. The van der Waals surface area contributed by atoms with E-state index in [1.165, 1.54) is 18.6 Å². The Balaban J connectivity index is 2.46. The first-order valence-electron chi connectivity index (χ1n) is 5.22. The molecule has 0 bridgehead atoms. The molecule has 0 fully saturated rings. The number of rotatable bonds is 3. The number of hydrogen-bond donors (Lipinski definition) is 3. The van der Waals surface area contributed by atoms with Crippen LogP contribution in [0.5, 0.6) is 0 Å². The Morgan fingerprint density at radius 1 is 1.55 bits per heavy atom. The van der Waals surface area contributed by atoms with Gasteiger partial charge in [-0.1, -0.05) is 11.6 Å². The average molecular weight is 291 g/mol. The molecule has 0 atom stereocenters. The molecule has 0 unspecified atom stereocenters. The predicted octanol–water partition coefficient (Wildman–Crippen LogP) is 0.532. The van der Waals surface area contributed by atoms with Gasteiger partial charge in [-0.05, 0) is 6.07 Å². The highest BCUT2D eigenvalue weighted by Gasteiger charge is 2.13. The van der Waals surface area contributed by atoms with Crippen LogP contribution in [0, 0.1) is 11.3 Å². The monoisotopic (exact) mass is 290 g/mol. The zero-order valence-corrected chi connectivity index (χ0v) is 10.6. The molecule has 2 heterocycles. The number of nitriles is 1. The topological polar surface area (TPSA) is 138 Å². The summed E-state index contributed by atoms with van der Waals surface area (Å²) < 4.78 is 0. The van der Waals surface area contributed by atoms with Gasteiger partial charge in [0, 0.05) is 0 Å². The lowest BCUT2D eigenvalue weighted by Crippen LogP contribution is -2.21. The van der Waals surface area contributed by atoms with Crippen molar-refractivity contribution in [2.45, 2.75) is 0 Å². The van der Waals surface area contributed by atoms with Crippen LogP contribution >= 0.6 is 11.6 Å². The van der Waals surface area contributed by atoms with Crippen LogP contribution in [0.4, 0.5) is 11.5 Å². The van der Waals surface area contributed by atoms with Crippen LogP contribution in [-0.2, 0) is 0 Å². The number of nitrogens with zero attached hydrogens (tertiary/aromatic N) is 3. The minimum atomic E-state index is -0.849. The van der Waals surface area contributed by atoms with Crippen molar-refractivity contribution < 1.29 is 4.79 Å². The SMILES string of the molecule is N#Cc1cncnc1Nc1cc(Cl)c(C(N)=O)[nH]c1=O. The van der Waals surface area contributed by atoms with E-state index in [9.17, 15) is 9.59 Å². The lowest BCUT2D eigenvalue weighted by Gasteiger charge is -2.07. The molecule has 4 N–H and O–H groups in total. The Kier molecular flexibility index (Phi) is 3.63. The van der Waals surface area contributed by atoms with E-state index in [-0.39, 0.29) is 27.8 Å². The molecule has 2 aromatic rings. The zero-order valence-electron chi connectivity index (χ0n) is 9.85. The van der Waals surface area contributed by atoms with Crippen LogP contribution < -0.4 is 16.6 Å². The minimum absolute atomic E-state index is 0.0211. The second-order valence-corrected chi connectivity index (χ2v) is 4.03. The number of nitrogens with two attached hydrogens (primary N) is 1. The van der Waals surface area contributed by atoms with Gasteiger partial charge in [-0.3, -0.25) is 9.59 Å². The Labute approximate surface area is 117 Å². The number of carbonyl (C=O) groups is 1. The number of primary amides is 1. The van der Waals surface area contributed by atoms with Crippen LogP contribution in [0.15, 0.2) is 23.4 Å². The summed E-state index contributed by atoms with van der Waals surface area (Å²) >= 11 is 5.83. The summed E-state index contributed by atoms with van der Waals surface area (Å²) in [5.41, 5.74) is 4.42. The third kappa shape index (κ3) is 2.57. The van der Waals surface area contributed by atoms with E-state index in [0.29, 0.717) is 0 Å². The van der Waals surface area contributed by atoms with Crippen molar-refractivity contribution in [3.8, 4) is 6.07 Å². The van der Waals surface area contributed by atoms with Crippen molar-refractivity contribution in [3.05, 3.63) is 45.2 Å². The first kappa shape index (κ1) is 13.5. The molecule has 100 valence electrons. The molecular weight excluding hydrogens is 284 g/mol. The Hall–Kier alpha value is -2.92. The van der Waals surface area contributed by atoms with Crippen molar-refractivity contribution in [1.29, 1.82) is 5.26 Å². The third-order valence-corrected chi connectivity index (χ3v) is 2.62. The summed E-state index contributed by atoms with van der Waals surface area (Å²) in [5, 5.41) is 11.5. The molecule has 0 spiro atoms. The Morgan fingerprint density at radius 2 is 2.30 bits per heavy atom. The Morgan fingerprint density at radius 3 is 2.95 bits per heavy atom. The number of aromatic nitrogens is 3. The van der Waals surface area contributed by atoms with Gasteiger partial charge in [-0.25, -0.2) is 9.97 Å². The lowest BCUT2D eigenvalue weighted by molar-refractivity contribution is 0.0995. The van der Waals surface area contributed by atoms with E-state index < -0.39 is 11.5 Å². The van der Waals surface area contributed by atoms with Crippen LogP contribution in [0.25, 0.3) is 0 Å². The number of H-pyrrole nitrogens is 1. The first-order valence-corrected chi connectivity index (χ1v) is 5.60. The molecular formula is C11H7ClN6O2. The highest BCUT2D eigenvalue weighted by molar-refractivity contribution is 6.33. The van der Waals surface area contributed by atoms with Crippen molar-refractivity contribution >= 4 is 29.0 Å². The minimum Gasteiger partial charge on any atom is -0.364 e. The highest BCUT2D eigenvalue weighted by atomic mass is 35.5. The number of aromatic amines is 1. The van der Waals surface area contributed by atoms with Crippen LogP contribution in [0.3, 0.4) is 0 Å². The molecule has 8 nitrogen and oxygen atoms in total. The van der Waals surface area contributed by atoms with E-state index in [1.807, 2.05) is 6.07 Å². The standard InChI is InChI=1S/C11H7ClN6O2/c12-6-1-7(11(20)18-8(6)9(14)19)17-10-5(2-13)3-15-4-16-10/h1,3-4H,(H2,14,19)(H,18,20)(H,15,16,17). The molecule has 0 aliphatic heterocycles. The molecule has 0 saturated heterocycles.